The number of benzene rings is 1. The van der Waals surface area contributed by atoms with Crippen LogP contribution in [0.15, 0.2) is 24.3 Å². The molecule has 0 amide bonds. The fourth-order valence-electron chi connectivity index (χ4n) is 2.48. The molecular formula is C17H28N2O. The maximum atomic E-state index is 5.87. The van der Waals surface area contributed by atoms with E-state index in [0.717, 1.165) is 31.3 Å². The fourth-order valence-corrected chi connectivity index (χ4v) is 2.48. The number of anilines is 1. The van der Waals surface area contributed by atoms with Gasteiger partial charge in [-0.25, -0.2) is 0 Å². The molecule has 1 fully saturated rings. The Balaban J connectivity index is 1.71. The minimum absolute atomic E-state index is 0.789. The summed E-state index contributed by atoms with van der Waals surface area (Å²) in [5.74, 6) is 1.73. The molecule has 1 aliphatic heterocycles. The maximum absolute atomic E-state index is 5.87. The van der Waals surface area contributed by atoms with E-state index in [2.05, 4.69) is 48.5 Å². The lowest BCUT2D eigenvalue weighted by atomic mass is 10.1. The summed E-state index contributed by atoms with van der Waals surface area (Å²) < 4.78 is 0. The lowest BCUT2D eigenvalue weighted by Gasteiger charge is -2.26. The molecule has 0 unspecified atom stereocenters. The third-order valence-corrected chi connectivity index (χ3v) is 3.69. The van der Waals surface area contributed by atoms with Gasteiger partial charge in [0.25, 0.3) is 0 Å². The predicted molar refractivity (Wildman–Crippen MR) is 85.1 cm³/mol. The van der Waals surface area contributed by atoms with Gasteiger partial charge >= 0.3 is 0 Å². The van der Waals surface area contributed by atoms with Crippen molar-refractivity contribution in [2.24, 2.45) is 5.92 Å². The van der Waals surface area contributed by atoms with Crippen LogP contribution in [0.2, 0.25) is 0 Å². The zero-order chi connectivity index (χ0) is 14.2. The molecule has 1 aliphatic rings. The van der Waals surface area contributed by atoms with Gasteiger partial charge in [-0.1, -0.05) is 20.3 Å². The summed E-state index contributed by atoms with van der Waals surface area (Å²) in [6.07, 6.45) is 6.33. The molecule has 0 atom stereocenters. The summed E-state index contributed by atoms with van der Waals surface area (Å²) in [5.41, 5.74) is 1.18. The molecule has 3 heteroatoms. The van der Waals surface area contributed by atoms with Crippen LogP contribution in [0, 0.1) is 5.92 Å². The highest BCUT2D eigenvalue weighted by Gasteiger charge is 2.11. The largest absolute Gasteiger partial charge is 0.406 e. The first kappa shape index (κ1) is 15.2. The maximum Gasteiger partial charge on any atom is 0.147 e. The van der Waals surface area contributed by atoms with Crippen molar-refractivity contribution in [1.29, 1.82) is 0 Å². The normalized spacial score (nSPS) is 16.4. The van der Waals surface area contributed by atoms with Crippen LogP contribution in [0.4, 0.5) is 5.69 Å². The van der Waals surface area contributed by atoms with Crippen LogP contribution in [0.1, 0.15) is 46.0 Å². The highest BCUT2D eigenvalue weighted by molar-refractivity contribution is 5.46. The molecule has 0 aromatic heterocycles. The second-order valence-electron chi connectivity index (χ2n) is 6.07. The molecule has 1 saturated heterocycles. The molecule has 20 heavy (non-hydrogen) atoms. The number of hydrogen-bond donors (Lipinski definition) is 1. The van der Waals surface area contributed by atoms with Crippen molar-refractivity contribution in [2.75, 3.05) is 25.0 Å². The third-order valence-electron chi connectivity index (χ3n) is 3.69. The Kier molecular flexibility index (Phi) is 6.19. The van der Waals surface area contributed by atoms with Crippen molar-refractivity contribution >= 4 is 5.69 Å². The molecule has 0 saturated carbocycles. The smallest absolute Gasteiger partial charge is 0.147 e. The van der Waals surface area contributed by atoms with Gasteiger partial charge in [0, 0.05) is 25.3 Å². The van der Waals surface area contributed by atoms with E-state index >= 15 is 0 Å². The zero-order valence-corrected chi connectivity index (χ0v) is 12.9. The minimum atomic E-state index is 0.789. The second-order valence-corrected chi connectivity index (χ2v) is 6.07. The topological polar surface area (TPSA) is 24.5 Å². The number of hydroxylamine groups is 2. The molecule has 0 bridgehead atoms. The van der Waals surface area contributed by atoms with Gasteiger partial charge in [0.1, 0.15) is 5.75 Å². The molecule has 0 radical (unpaired) electrons. The van der Waals surface area contributed by atoms with E-state index in [1.807, 2.05) is 0 Å². The molecule has 1 aromatic carbocycles. The summed E-state index contributed by atoms with van der Waals surface area (Å²) in [6, 6.07) is 8.32. The Morgan fingerprint density at radius 1 is 1.10 bits per heavy atom. The first-order valence-corrected chi connectivity index (χ1v) is 8.01. The lowest BCUT2D eigenvalue weighted by molar-refractivity contribution is -0.0719. The van der Waals surface area contributed by atoms with Gasteiger partial charge in [-0.05, 0) is 55.9 Å². The number of nitrogens with zero attached hydrogens (tertiary/aromatic N) is 1. The van der Waals surface area contributed by atoms with E-state index in [0.29, 0.717) is 0 Å². The van der Waals surface area contributed by atoms with Crippen molar-refractivity contribution in [3.63, 3.8) is 0 Å². The number of piperidine rings is 1. The second kappa shape index (κ2) is 8.15. The van der Waals surface area contributed by atoms with E-state index in [1.54, 1.807) is 0 Å². The number of rotatable bonds is 7. The van der Waals surface area contributed by atoms with Gasteiger partial charge in [0.15, 0.2) is 0 Å². The lowest BCUT2D eigenvalue weighted by Crippen LogP contribution is -2.32. The third kappa shape index (κ3) is 5.41. The molecule has 1 aromatic rings. The molecule has 1 heterocycles. The Bertz CT molecular complexity index is 369. The highest BCUT2D eigenvalue weighted by atomic mass is 16.7. The van der Waals surface area contributed by atoms with Crippen molar-refractivity contribution in [3.8, 4) is 5.75 Å². The molecular weight excluding hydrogens is 248 g/mol. The summed E-state index contributed by atoms with van der Waals surface area (Å²) in [5, 5.41) is 5.54. The van der Waals surface area contributed by atoms with Crippen LogP contribution in [0.3, 0.4) is 0 Å². The van der Waals surface area contributed by atoms with Crippen LogP contribution in [0.25, 0.3) is 0 Å². The Morgan fingerprint density at radius 2 is 1.80 bits per heavy atom. The van der Waals surface area contributed by atoms with Crippen molar-refractivity contribution in [1.82, 2.24) is 5.06 Å². The van der Waals surface area contributed by atoms with E-state index in [-0.39, 0.29) is 0 Å². The van der Waals surface area contributed by atoms with E-state index in [1.165, 1.54) is 37.8 Å². The average molecular weight is 276 g/mol. The monoisotopic (exact) mass is 276 g/mol. The van der Waals surface area contributed by atoms with Gasteiger partial charge < -0.3 is 10.2 Å². The van der Waals surface area contributed by atoms with Gasteiger partial charge in [-0.3, -0.25) is 0 Å². The Labute approximate surface area is 123 Å². The summed E-state index contributed by atoms with van der Waals surface area (Å²) in [7, 11) is 0. The predicted octanol–water partition coefficient (Wildman–Crippen LogP) is 4.31. The van der Waals surface area contributed by atoms with Crippen LogP contribution >= 0.6 is 0 Å². The quantitative estimate of drug-likeness (QED) is 0.751. The van der Waals surface area contributed by atoms with Gasteiger partial charge in [0.2, 0.25) is 0 Å². The van der Waals surface area contributed by atoms with Gasteiger partial charge in [-0.2, -0.15) is 0 Å². The van der Waals surface area contributed by atoms with Crippen LogP contribution < -0.4 is 10.2 Å². The van der Waals surface area contributed by atoms with E-state index in [9.17, 15) is 0 Å². The number of hydrogen-bond acceptors (Lipinski definition) is 3. The standard InChI is InChI=1S/C17H28N2O/c1-15(2)7-6-12-18-16-8-10-17(11-9-16)20-19-13-4-3-5-14-19/h8-11,15,18H,3-7,12-14H2,1-2H3. The molecule has 112 valence electrons. The summed E-state index contributed by atoms with van der Waals surface area (Å²) >= 11 is 0. The fraction of sp³-hybridized carbons (Fsp3) is 0.647. The average Bonchev–Trinajstić information content (AvgIpc) is 2.46. The molecule has 2 rings (SSSR count). The number of nitrogens with one attached hydrogen (secondary N) is 1. The van der Waals surface area contributed by atoms with Crippen molar-refractivity contribution < 1.29 is 4.84 Å². The molecule has 3 nitrogen and oxygen atoms in total. The molecule has 1 N–H and O–H groups in total. The van der Waals surface area contributed by atoms with Crippen LogP contribution in [-0.4, -0.2) is 24.7 Å². The van der Waals surface area contributed by atoms with Crippen molar-refractivity contribution in [3.05, 3.63) is 24.3 Å². The zero-order valence-electron chi connectivity index (χ0n) is 12.9. The summed E-state index contributed by atoms with van der Waals surface area (Å²) in [4.78, 5) is 5.87. The molecule has 0 aliphatic carbocycles. The summed E-state index contributed by atoms with van der Waals surface area (Å²) in [6.45, 7) is 7.69. The first-order chi connectivity index (χ1) is 9.74. The van der Waals surface area contributed by atoms with Crippen LogP contribution in [0.5, 0.6) is 5.75 Å². The SMILES string of the molecule is CC(C)CCCNc1ccc(ON2CCCCC2)cc1. The minimum Gasteiger partial charge on any atom is -0.406 e. The van der Waals surface area contributed by atoms with Gasteiger partial charge in [-0.15, -0.1) is 5.06 Å². The van der Waals surface area contributed by atoms with E-state index in [4.69, 9.17) is 4.84 Å². The Morgan fingerprint density at radius 3 is 2.45 bits per heavy atom. The first-order valence-electron chi connectivity index (χ1n) is 8.01. The Hall–Kier alpha value is -1.22. The van der Waals surface area contributed by atoms with E-state index < -0.39 is 0 Å². The molecule has 0 spiro atoms. The van der Waals surface area contributed by atoms with Gasteiger partial charge in [0.05, 0.1) is 0 Å². The van der Waals surface area contributed by atoms with Crippen LogP contribution in [-0.2, 0) is 0 Å². The van der Waals surface area contributed by atoms with Crippen molar-refractivity contribution in [2.45, 2.75) is 46.0 Å². The highest BCUT2D eigenvalue weighted by Crippen LogP contribution is 2.19.